The molecule has 214 valence electrons. The van der Waals surface area contributed by atoms with Crippen LogP contribution >= 0.6 is 11.8 Å². The number of benzene rings is 3. The Morgan fingerprint density at radius 1 is 1.02 bits per heavy atom. The molecule has 3 aromatic carbocycles. The van der Waals surface area contributed by atoms with Gasteiger partial charge in [0.25, 0.3) is 0 Å². The molecule has 2 aliphatic heterocycles. The first kappa shape index (κ1) is 28.5. The van der Waals surface area contributed by atoms with Crippen molar-refractivity contribution >= 4 is 55.6 Å². The first-order chi connectivity index (χ1) is 19.6. The highest BCUT2D eigenvalue weighted by Crippen LogP contribution is 2.34. The average Bonchev–Trinajstić information content (AvgIpc) is 2.96. The van der Waals surface area contributed by atoms with Gasteiger partial charge in [-0.15, -0.1) is 0 Å². The van der Waals surface area contributed by atoms with Crippen LogP contribution in [-0.2, 0) is 16.4 Å². The maximum atomic E-state index is 11.9. The lowest BCUT2D eigenvalue weighted by Crippen LogP contribution is -2.36. The number of hydrazone groups is 1. The van der Waals surface area contributed by atoms with E-state index in [2.05, 4.69) is 26.9 Å². The summed E-state index contributed by atoms with van der Waals surface area (Å²) < 4.78 is 36.8. The van der Waals surface area contributed by atoms with E-state index in [1.165, 1.54) is 22.3 Å². The number of fused-ring (bicyclic) bond motifs is 1. The lowest BCUT2D eigenvalue weighted by atomic mass is 9.97. The van der Waals surface area contributed by atoms with Crippen molar-refractivity contribution in [1.29, 1.82) is 0 Å². The van der Waals surface area contributed by atoms with Crippen molar-refractivity contribution < 1.29 is 22.7 Å². The van der Waals surface area contributed by atoms with Gasteiger partial charge in [-0.05, 0) is 78.6 Å². The maximum absolute atomic E-state index is 11.9. The fourth-order valence-electron chi connectivity index (χ4n) is 4.81. The predicted molar refractivity (Wildman–Crippen MR) is 165 cm³/mol. The van der Waals surface area contributed by atoms with Gasteiger partial charge >= 0.3 is 5.24 Å². The molecule has 12 heteroatoms. The minimum Gasteiger partial charge on any atom is -0.493 e. The van der Waals surface area contributed by atoms with Gasteiger partial charge in [-0.3, -0.25) is 9.52 Å². The van der Waals surface area contributed by atoms with Crippen LogP contribution in [0.1, 0.15) is 23.1 Å². The van der Waals surface area contributed by atoms with Gasteiger partial charge in [0.05, 0.1) is 31.9 Å². The first-order valence-corrected chi connectivity index (χ1v) is 15.8. The summed E-state index contributed by atoms with van der Waals surface area (Å²) in [6, 6.07) is 18.9. The molecule has 0 aliphatic carbocycles. The SMILES string of the molecule is COc1ccc(C(=Nc2ccc(NS(C)(=O)=O)cc2)N2CCCc3cc(C4=NN(C)C(=O)SC4)ccc32)cc1OC. The molecule has 2 heterocycles. The van der Waals surface area contributed by atoms with Crippen LogP contribution in [0.5, 0.6) is 11.5 Å². The third kappa shape index (κ3) is 6.49. The second kappa shape index (κ2) is 11.8. The van der Waals surface area contributed by atoms with Crippen molar-refractivity contribution in [2.45, 2.75) is 12.8 Å². The van der Waals surface area contributed by atoms with Gasteiger partial charge in [-0.25, -0.2) is 18.4 Å². The molecule has 5 rings (SSSR count). The summed E-state index contributed by atoms with van der Waals surface area (Å²) in [4.78, 5) is 19.1. The van der Waals surface area contributed by atoms with E-state index in [0.29, 0.717) is 28.6 Å². The Balaban J connectivity index is 1.57. The number of aryl methyl sites for hydroxylation is 1. The number of nitrogens with zero attached hydrogens (tertiary/aromatic N) is 4. The minimum atomic E-state index is -3.39. The van der Waals surface area contributed by atoms with Crippen LogP contribution in [0.25, 0.3) is 0 Å². The van der Waals surface area contributed by atoms with Crippen molar-refractivity contribution in [2.24, 2.45) is 10.1 Å². The van der Waals surface area contributed by atoms with Crippen molar-refractivity contribution in [3.05, 3.63) is 77.4 Å². The number of amides is 1. The van der Waals surface area contributed by atoms with Crippen LogP contribution < -0.4 is 19.1 Å². The van der Waals surface area contributed by atoms with E-state index in [1.807, 2.05) is 24.3 Å². The summed E-state index contributed by atoms with van der Waals surface area (Å²) in [7, 11) is 1.48. The second-order valence-corrected chi connectivity index (χ2v) is 12.3. The van der Waals surface area contributed by atoms with Gasteiger partial charge in [-0.1, -0.05) is 17.8 Å². The number of aliphatic imine (C=N–C) groups is 1. The Morgan fingerprint density at radius 3 is 2.46 bits per heavy atom. The Bertz CT molecular complexity index is 1640. The molecule has 0 saturated carbocycles. The molecule has 41 heavy (non-hydrogen) atoms. The smallest absolute Gasteiger partial charge is 0.301 e. The zero-order valence-corrected chi connectivity index (χ0v) is 24.9. The van der Waals surface area contributed by atoms with E-state index in [0.717, 1.165) is 54.0 Å². The van der Waals surface area contributed by atoms with Crippen LogP contribution in [0.4, 0.5) is 21.9 Å². The lowest BCUT2D eigenvalue weighted by molar-refractivity contribution is 0.235. The van der Waals surface area contributed by atoms with Gasteiger partial charge in [0, 0.05) is 36.3 Å². The summed E-state index contributed by atoms with van der Waals surface area (Å²) in [6.07, 6.45) is 2.93. The number of thioether (sulfide) groups is 1. The van der Waals surface area contributed by atoms with E-state index >= 15 is 0 Å². The lowest BCUT2D eigenvalue weighted by Gasteiger charge is -2.33. The van der Waals surface area contributed by atoms with Crippen molar-refractivity contribution in [3.8, 4) is 11.5 Å². The summed E-state index contributed by atoms with van der Waals surface area (Å²) in [5, 5.41) is 5.80. The number of hydrogen-bond acceptors (Lipinski definition) is 8. The maximum Gasteiger partial charge on any atom is 0.301 e. The second-order valence-electron chi connectivity index (χ2n) is 9.65. The molecule has 10 nitrogen and oxygen atoms in total. The number of nitrogens with one attached hydrogen (secondary N) is 1. The summed E-state index contributed by atoms with van der Waals surface area (Å²) in [5.41, 5.74) is 6.04. The van der Waals surface area contributed by atoms with E-state index in [9.17, 15) is 13.2 Å². The van der Waals surface area contributed by atoms with E-state index < -0.39 is 10.0 Å². The van der Waals surface area contributed by atoms with Gasteiger partial charge < -0.3 is 14.4 Å². The van der Waals surface area contributed by atoms with Crippen LogP contribution in [0, 0.1) is 0 Å². The average molecular weight is 594 g/mol. The quantitative estimate of drug-likeness (QED) is 0.299. The van der Waals surface area contributed by atoms with Gasteiger partial charge in [0.2, 0.25) is 10.0 Å². The van der Waals surface area contributed by atoms with Crippen LogP contribution in [-0.4, -0.2) is 70.0 Å². The summed E-state index contributed by atoms with van der Waals surface area (Å²) >= 11 is 1.25. The van der Waals surface area contributed by atoms with Gasteiger partial charge in [-0.2, -0.15) is 5.10 Å². The van der Waals surface area contributed by atoms with Gasteiger partial charge in [0.15, 0.2) is 11.5 Å². The number of carbonyl (C=O) groups is 1. The largest absolute Gasteiger partial charge is 0.493 e. The molecule has 0 unspecified atom stereocenters. The molecule has 1 N–H and O–H groups in total. The summed E-state index contributed by atoms with van der Waals surface area (Å²) in [6.45, 7) is 0.751. The standard InChI is InChI=1S/C29H31N5O5S2/c1-33-29(35)40-18-24(31-33)19-7-13-25-20(16-19)6-5-15-34(25)28(21-8-14-26(38-2)27(17-21)39-3)30-22-9-11-23(12-10-22)32-41(4,36)37/h7-14,16-17,32H,5-6,15,18H2,1-4H3. The zero-order chi connectivity index (χ0) is 29.1. The predicted octanol–water partition coefficient (Wildman–Crippen LogP) is 5.11. The topological polar surface area (TPSA) is 113 Å². The minimum absolute atomic E-state index is 0.0613. The Kier molecular flexibility index (Phi) is 8.22. The van der Waals surface area contributed by atoms with E-state index in [1.54, 1.807) is 45.5 Å². The Morgan fingerprint density at radius 2 is 1.78 bits per heavy atom. The number of hydrogen-bond donors (Lipinski definition) is 1. The normalized spacial score (nSPS) is 15.8. The molecule has 0 radical (unpaired) electrons. The highest BCUT2D eigenvalue weighted by atomic mass is 32.2. The number of amidine groups is 1. The molecule has 0 saturated heterocycles. The Labute approximate surface area is 244 Å². The molecule has 2 aliphatic rings. The summed E-state index contributed by atoms with van der Waals surface area (Å²) in [5.74, 6) is 2.46. The molecule has 0 bridgehead atoms. The third-order valence-corrected chi connectivity index (χ3v) is 8.24. The zero-order valence-electron chi connectivity index (χ0n) is 23.2. The molecular weight excluding hydrogens is 562 g/mol. The fourth-order valence-corrected chi connectivity index (χ4v) is 6.08. The number of anilines is 2. The molecular formula is C29H31N5O5S2. The van der Waals surface area contributed by atoms with Gasteiger partial charge in [0.1, 0.15) is 5.84 Å². The number of methoxy groups -OCH3 is 2. The van der Waals surface area contributed by atoms with Crippen molar-refractivity contribution in [1.82, 2.24) is 5.01 Å². The van der Waals surface area contributed by atoms with Crippen LogP contribution in [0.3, 0.4) is 0 Å². The highest BCUT2D eigenvalue weighted by Gasteiger charge is 2.25. The van der Waals surface area contributed by atoms with E-state index in [-0.39, 0.29) is 5.24 Å². The molecule has 0 fully saturated rings. The Hall–Kier alpha value is -4.03. The first-order valence-electron chi connectivity index (χ1n) is 12.9. The number of rotatable bonds is 7. The fraction of sp³-hybridized carbons (Fsp3) is 0.276. The number of carbonyl (C=O) groups excluding carboxylic acids is 1. The highest BCUT2D eigenvalue weighted by molar-refractivity contribution is 8.14. The molecule has 3 aromatic rings. The molecule has 0 aromatic heterocycles. The molecule has 0 atom stereocenters. The third-order valence-electron chi connectivity index (χ3n) is 6.70. The number of sulfonamides is 1. The molecule has 1 amide bonds. The van der Waals surface area contributed by atoms with E-state index in [4.69, 9.17) is 14.5 Å². The number of ether oxygens (including phenoxy) is 2. The molecule has 0 spiro atoms. The monoisotopic (exact) mass is 593 g/mol. The van der Waals surface area contributed by atoms with Crippen molar-refractivity contribution in [3.63, 3.8) is 0 Å². The van der Waals surface area contributed by atoms with Crippen molar-refractivity contribution in [2.75, 3.05) is 49.4 Å². The van der Waals surface area contributed by atoms with Crippen LogP contribution in [0.15, 0.2) is 70.8 Å². The van der Waals surface area contributed by atoms with Crippen LogP contribution in [0.2, 0.25) is 0 Å².